The van der Waals surface area contributed by atoms with Gasteiger partial charge in [-0.05, 0) is 30.3 Å². The number of benzene rings is 2. The number of hydrogen-bond acceptors (Lipinski definition) is 3. The topological polar surface area (TPSA) is 93.0 Å². The summed E-state index contributed by atoms with van der Waals surface area (Å²) in [6, 6.07) is 12.9. The molecule has 1 heterocycles. The molecule has 3 rings (SSSR count). The lowest BCUT2D eigenvalue weighted by atomic mass is 10.2. The van der Waals surface area contributed by atoms with Crippen molar-refractivity contribution in [2.24, 2.45) is 5.73 Å². The Morgan fingerprint density at radius 1 is 1.13 bits per heavy atom. The smallest absolute Gasteiger partial charge is 0.223 e. The van der Waals surface area contributed by atoms with Crippen LogP contribution in [0.1, 0.15) is 5.69 Å². The maximum Gasteiger partial charge on any atom is 0.223 e. The molecule has 3 aromatic rings. The number of halogens is 1. The van der Waals surface area contributed by atoms with Crippen molar-refractivity contribution in [3.8, 4) is 0 Å². The predicted molar refractivity (Wildman–Crippen MR) is 88.1 cm³/mol. The molecule has 0 saturated heterocycles. The summed E-state index contributed by atoms with van der Waals surface area (Å²) in [7, 11) is -3.81. The van der Waals surface area contributed by atoms with Gasteiger partial charge in [0.05, 0.1) is 11.3 Å². The highest BCUT2D eigenvalue weighted by Gasteiger charge is 2.26. The molecule has 7 heteroatoms. The van der Waals surface area contributed by atoms with Crippen LogP contribution in [0.4, 0.5) is 0 Å². The van der Waals surface area contributed by atoms with Gasteiger partial charge in [-0.3, -0.25) is 4.79 Å². The number of amides is 1. The number of H-pyrrole nitrogens is 1. The van der Waals surface area contributed by atoms with Crippen molar-refractivity contribution in [3.63, 3.8) is 0 Å². The molecule has 0 spiro atoms. The molecule has 0 saturated carbocycles. The van der Waals surface area contributed by atoms with Crippen molar-refractivity contribution in [1.82, 2.24) is 4.98 Å². The fourth-order valence-corrected chi connectivity index (χ4v) is 4.35. The van der Waals surface area contributed by atoms with Crippen LogP contribution in [-0.4, -0.2) is 19.3 Å². The van der Waals surface area contributed by atoms with Crippen LogP contribution >= 0.6 is 11.6 Å². The number of nitrogens with one attached hydrogen (secondary N) is 1. The molecule has 1 amide bonds. The van der Waals surface area contributed by atoms with Crippen LogP contribution in [0.25, 0.3) is 10.9 Å². The van der Waals surface area contributed by atoms with E-state index in [4.69, 9.17) is 17.3 Å². The first-order valence-corrected chi connectivity index (χ1v) is 8.64. The second-order valence-corrected chi connectivity index (χ2v) is 7.41. The number of aromatic nitrogens is 1. The normalized spacial score (nSPS) is 11.7. The second kappa shape index (κ2) is 5.72. The van der Waals surface area contributed by atoms with Crippen molar-refractivity contribution in [3.05, 3.63) is 59.2 Å². The Kier molecular flexibility index (Phi) is 3.87. The van der Waals surface area contributed by atoms with Gasteiger partial charge in [-0.15, -0.1) is 0 Å². The standard InChI is InChI=1S/C16H13ClN2O3S/c17-10-6-7-13-12(8-10)16(14(19-13)9-15(18)20)23(21,22)11-4-2-1-3-5-11/h1-8,19H,9H2,(H2,18,20). The molecular weight excluding hydrogens is 336 g/mol. The highest BCUT2D eigenvalue weighted by atomic mass is 35.5. The first-order chi connectivity index (χ1) is 10.9. The van der Waals surface area contributed by atoms with Gasteiger partial charge in [-0.25, -0.2) is 8.42 Å². The minimum atomic E-state index is -3.81. The van der Waals surface area contributed by atoms with E-state index in [1.54, 1.807) is 36.4 Å². The van der Waals surface area contributed by atoms with Gasteiger partial charge in [0.1, 0.15) is 4.90 Å². The highest BCUT2D eigenvalue weighted by Crippen LogP contribution is 2.33. The zero-order chi connectivity index (χ0) is 16.6. The highest BCUT2D eigenvalue weighted by molar-refractivity contribution is 7.91. The van der Waals surface area contributed by atoms with E-state index in [1.807, 2.05) is 0 Å². The summed E-state index contributed by atoms with van der Waals surface area (Å²) in [5.41, 5.74) is 6.09. The zero-order valence-corrected chi connectivity index (χ0v) is 13.5. The Balaban J connectivity index is 2.34. The SMILES string of the molecule is NC(=O)Cc1[nH]c2ccc(Cl)cc2c1S(=O)(=O)c1ccccc1. The molecule has 0 radical (unpaired) electrons. The number of carbonyl (C=O) groups is 1. The summed E-state index contributed by atoms with van der Waals surface area (Å²) in [6.07, 6.45) is -0.201. The molecule has 5 nitrogen and oxygen atoms in total. The van der Waals surface area contributed by atoms with E-state index in [0.717, 1.165) is 0 Å². The quantitative estimate of drug-likeness (QED) is 0.759. The van der Waals surface area contributed by atoms with Gasteiger partial charge in [0.25, 0.3) is 0 Å². The number of aromatic amines is 1. The first kappa shape index (κ1) is 15.6. The molecular formula is C16H13ClN2O3S. The minimum absolute atomic E-state index is 0.0417. The minimum Gasteiger partial charge on any atom is -0.369 e. The maximum atomic E-state index is 13.0. The Bertz CT molecular complexity index is 995. The van der Waals surface area contributed by atoms with Crippen LogP contribution in [0, 0.1) is 0 Å². The summed E-state index contributed by atoms with van der Waals surface area (Å²) < 4.78 is 26.0. The van der Waals surface area contributed by atoms with Crippen LogP contribution in [0.2, 0.25) is 5.02 Å². The lowest BCUT2D eigenvalue weighted by Crippen LogP contribution is -2.16. The van der Waals surface area contributed by atoms with E-state index in [1.165, 1.54) is 12.1 Å². The third-order valence-corrected chi connectivity index (χ3v) is 5.59. The summed E-state index contributed by atoms with van der Waals surface area (Å²) in [6.45, 7) is 0. The van der Waals surface area contributed by atoms with E-state index < -0.39 is 15.7 Å². The molecule has 23 heavy (non-hydrogen) atoms. The number of hydrogen-bond donors (Lipinski definition) is 2. The third kappa shape index (κ3) is 2.83. The molecule has 2 aromatic carbocycles. The largest absolute Gasteiger partial charge is 0.369 e. The molecule has 0 unspecified atom stereocenters. The predicted octanol–water partition coefficient (Wildman–Crippen LogP) is 2.68. The Morgan fingerprint density at radius 3 is 2.48 bits per heavy atom. The summed E-state index contributed by atoms with van der Waals surface area (Å²) in [4.78, 5) is 14.5. The molecule has 0 bridgehead atoms. The number of carbonyl (C=O) groups excluding carboxylic acids is 1. The van der Waals surface area contributed by atoms with Gasteiger partial charge >= 0.3 is 0 Å². The fourth-order valence-electron chi connectivity index (χ4n) is 2.52. The molecule has 0 aliphatic carbocycles. The lowest BCUT2D eigenvalue weighted by molar-refractivity contribution is -0.117. The lowest BCUT2D eigenvalue weighted by Gasteiger charge is -2.06. The second-order valence-electron chi connectivity index (χ2n) is 5.08. The Labute approximate surface area is 138 Å². The monoisotopic (exact) mass is 348 g/mol. The van der Waals surface area contributed by atoms with Gasteiger partial charge in [0.15, 0.2) is 0 Å². The molecule has 0 atom stereocenters. The summed E-state index contributed by atoms with van der Waals surface area (Å²) >= 11 is 6.00. The number of nitrogens with two attached hydrogens (primary N) is 1. The van der Waals surface area contributed by atoms with Gasteiger partial charge in [0.2, 0.25) is 15.7 Å². The molecule has 118 valence electrons. The van der Waals surface area contributed by atoms with Crippen LogP contribution in [0.3, 0.4) is 0 Å². The Morgan fingerprint density at radius 2 is 1.83 bits per heavy atom. The molecule has 0 fully saturated rings. The van der Waals surface area contributed by atoms with Crippen molar-refractivity contribution in [2.45, 2.75) is 16.2 Å². The average Bonchev–Trinajstić information content (AvgIpc) is 2.85. The Hall–Kier alpha value is -2.31. The van der Waals surface area contributed by atoms with Gasteiger partial charge < -0.3 is 10.7 Å². The van der Waals surface area contributed by atoms with E-state index in [0.29, 0.717) is 15.9 Å². The van der Waals surface area contributed by atoms with E-state index in [2.05, 4.69) is 4.98 Å². The average molecular weight is 349 g/mol. The molecule has 0 aliphatic heterocycles. The third-order valence-electron chi connectivity index (χ3n) is 3.46. The van der Waals surface area contributed by atoms with Crippen molar-refractivity contribution >= 4 is 38.2 Å². The van der Waals surface area contributed by atoms with Crippen LogP contribution in [0.15, 0.2) is 58.3 Å². The van der Waals surface area contributed by atoms with E-state index >= 15 is 0 Å². The van der Waals surface area contributed by atoms with Crippen molar-refractivity contribution < 1.29 is 13.2 Å². The van der Waals surface area contributed by atoms with Crippen LogP contribution in [0.5, 0.6) is 0 Å². The fraction of sp³-hybridized carbons (Fsp3) is 0.0625. The number of fused-ring (bicyclic) bond motifs is 1. The zero-order valence-electron chi connectivity index (χ0n) is 11.9. The maximum absolute atomic E-state index is 13.0. The van der Waals surface area contributed by atoms with Gasteiger partial charge in [-0.1, -0.05) is 29.8 Å². The number of primary amides is 1. The van der Waals surface area contributed by atoms with Gasteiger partial charge in [0, 0.05) is 21.6 Å². The molecule has 1 aromatic heterocycles. The van der Waals surface area contributed by atoms with E-state index in [9.17, 15) is 13.2 Å². The van der Waals surface area contributed by atoms with Crippen LogP contribution < -0.4 is 5.73 Å². The summed E-state index contributed by atoms with van der Waals surface area (Å²) in [5, 5.41) is 0.851. The molecule has 0 aliphatic rings. The number of sulfone groups is 1. The summed E-state index contributed by atoms with van der Waals surface area (Å²) in [5.74, 6) is -0.618. The number of rotatable bonds is 4. The van der Waals surface area contributed by atoms with Gasteiger partial charge in [-0.2, -0.15) is 0 Å². The van der Waals surface area contributed by atoms with Crippen molar-refractivity contribution in [2.75, 3.05) is 0 Å². The van der Waals surface area contributed by atoms with Crippen molar-refractivity contribution in [1.29, 1.82) is 0 Å². The first-order valence-electron chi connectivity index (χ1n) is 6.78. The van der Waals surface area contributed by atoms with E-state index in [-0.39, 0.29) is 21.9 Å². The molecule has 3 N–H and O–H groups in total. The van der Waals surface area contributed by atoms with Crippen LogP contribution in [-0.2, 0) is 21.1 Å².